The Hall–Kier alpha value is -1.82. The molecule has 0 bridgehead atoms. The fourth-order valence-corrected chi connectivity index (χ4v) is 2.71. The van der Waals surface area contributed by atoms with Crippen LogP contribution < -0.4 is 5.32 Å². The van der Waals surface area contributed by atoms with Crippen LogP contribution in [0.25, 0.3) is 0 Å². The zero-order valence-corrected chi connectivity index (χ0v) is 13.4. The lowest BCUT2D eigenvalue weighted by Gasteiger charge is -2.10. The highest BCUT2D eigenvalue weighted by Gasteiger charge is 2.13. The van der Waals surface area contributed by atoms with Crippen molar-refractivity contribution < 1.29 is 4.79 Å². The number of nitrogens with one attached hydrogen (secondary N) is 1. The topological polar surface area (TPSA) is 59.8 Å². The van der Waals surface area contributed by atoms with Gasteiger partial charge in [0.1, 0.15) is 5.03 Å². The lowest BCUT2D eigenvalue weighted by Crippen LogP contribution is -2.28. The predicted octanol–water partition coefficient (Wildman–Crippen LogP) is 2.52. The first-order valence-corrected chi connectivity index (χ1v) is 7.83. The van der Waals surface area contributed by atoms with Crippen LogP contribution >= 0.6 is 11.8 Å². The normalized spacial score (nSPS) is 10.9. The summed E-state index contributed by atoms with van der Waals surface area (Å²) in [7, 11) is 0. The molecule has 6 heteroatoms. The number of rotatable bonds is 6. The number of hydrogen-bond acceptors (Lipinski definition) is 4. The molecule has 5 nitrogen and oxygen atoms in total. The molecular weight excluding hydrogens is 284 g/mol. The second-order valence-electron chi connectivity index (χ2n) is 5.06. The fourth-order valence-electron chi connectivity index (χ4n) is 1.85. The van der Waals surface area contributed by atoms with Gasteiger partial charge in [0, 0.05) is 24.2 Å². The molecule has 0 aromatic carbocycles. The van der Waals surface area contributed by atoms with Gasteiger partial charge >= 0.3 is 0 Å². The Kier molecular flexibility index (Phi) is 5.38. The Bertz CT molecular complexity index is 609. The predicted molar refractivity (Wildman–Crippen MR) is 84.5 cm³/mol. The Morgan fingerprint density at radius 2 is 2.29 bits per heavy atom. The molecule has 0 spiro atoms. The molecule has 112 valence electrons. The number of carbonyl (C=O) groups is 1. The zero-order valence-electron chi connectivity index (χ0n) is 12.5. The van der Waals surface area contributed by atoms with Crippen LogP contribution in [0, 0.1) is 6.92 Å². The van der Waals surface area contributed by atoms with Crippen LogP contribution in [-0.2, 0) is 6.54 Å². The van der Waals surface area contributed by atoms with Crippen LogP contribution in [0.4, 0.5) is 0 Å². The van der Waals surface area contributed by atoms with Crippen molar-refractivity contribution in [2.75, 3.05) is 6.54 Å². The molecule has 2 rings (SSSR count). The average molecular weight is 304 g/mol. The summed E-state index contributed by atoms with van der Waals surface area (Å²) in [6, 6.07) is 3.60. The summed E-state index contributed by atoms with van der Waals surface area (Å²) in [4.78, 5) is 16.5. The van der Waals surface area contributed by atoms with Gasteiger partial charge in [0.15, 0.2) is 0 Å². The van der Waals surface area contributed by atoms with Crippen LogP contribution in [-0.4, -0.2) is 32.5 Å². The Morgan fingerprint density at radius 3 is 2.95 bits per heavy atom. The van der Waals surface area contributed by atoms with Crippen molar-refractivity contribution in [2.24, 2.45) is 0 Å². The van der Waals surface area contributed by atoms with Crippen molar-refractivity contribution in [3.05, 3.63) is 41.9 Å². The quantitative estimate of drug-likeness (QED) is 0.833. The van der Waals surface area contributed by atoms with E-state index >= 15 is 0 Å². The van der Waals surface area contributed by atoms with E-state index in [1.54, 1.807) is 30.2 Å². The summed E-state index contributed by atoms with van der Waals surface area (Å²) in [5.41, 5.74) is 1.75. The molecule has 0 aliphatic heterocycles. The summed E-state index contributed by atoms with van der Waals surface area (Å²) in [6.07, 6.45) is 5.48. The molecule has 1 N–H and O–H groups in total. The van der Waals surface area contributed by atoms with Gasteiger partial charge in [-0.15, -0.1) is 11.8 Å². The molecule has 0 saturated heterocycles. The molecule has 0 saturated carbocycles. The average Bonchev–Trinajstić information content (AvgIpc) is 2.84. The maximum atomic E-state index is 12.2. The second kappa shape index (κ2) is 7.26. The molecule has 2 heterocycles. The summed E-state index contributed by atoms with van der Waals surface area (Å²) >= 11 is 1.60. The number of aryl methyl sites for hydroxylation is 1. The third kappa shape index (κ3) is 4.60. The van der Waals surface area contributed by atoms with Gasteiger partial charge in [-0.1, -0.05) is 13.8 Å². The molecule has 0 aliphatic rings. The third-order valence-electron chi connectivity index (χ3n) is 2.75. The van der Waals surface area contributed by atoms with Crippen LogP contribution in [0.3, 0.4) is 0 Å². The molecule has 0 radical (unpaired) electrons. The van der Waals surface area contributed by atoms with Crippen LogP contribution in [0.2, 0.25) is 0 Å². The van der Waals surface area contributed by atoms with E-state index in [-0.39, 0.29) is 5.91 Å². The molecule has 0 unspecified atom stereocenters. The fraction of sp³-hybridized carbons (Fsp3) is 0.400. The van der Waals surface area contributed by atoms with Crippen LogP contribution in [0.15, 0.2) is 35.7 Å². The van der Waals surface area contributed by atoms with Crippen molar-refractivity contribution >= 4 is 17.7 Å². The van der Waals surface area contributed by atoms with Gasteiger partial charge in [-0.05, 0) is 24.6 Å². The van der Waals surface area contributed by atoms with Crippen LogP contribution in [0.1, 0.15) is 29.8 Å². The minimum absolute atomic E-state index is 0.0878. The van der Waals surface area contributed by atoms with E-state index in [2.05, 4.69) is 29.2 Å². The van der Waals surface area contributed by atoms with E-state index in [1.807, 2.05) is 23.9 Å². The molecule has 0 atom stereocenters. The summed E-state index contributed by atoms with van der Waals surface area (Å²) in [5, 5.41) is 8.27. The Balaban J connectivity index is 1.94. The first kappa shape index (κ1) is 15.6. The smallest absolute Gasteiger partial charge is 0.254 e. The van der Waals surface area contributed by atoms with Crippen molar-refractivity contribution in [2.45, 2.75) is 37.6 Å². The van der Waals surface area contributed by atoms with Gasteiger partial charge < -0.3 is 5.32 Å². The van der Waals surface area contributed by atoms with Crippen LogP contribution in [0.5, 0.6) is 0 Å². The number of amides is 1. The molecule has 0 fully saturated rings. The van der Waals surface area contributed by atoms with E-state index in [0.717, 1.165) is 10.6 Å². The largest absolute Gasteiger partial charge is 0.350 e. The van der Waals surface area contributed by atoms with Gasteiger partial charge in [-0.25, -0.2) is 4.98 Å². The highest BCUT2D eigenvalue weighted by atomic mass is 32.2. The second-order valence-corrected chi connectivity index (χ2v) is 6.62. The monoisotopic (exact) mass is 304 g/mol. The van der Waals surface area contributed by atoms with E-state index in [4.69, 9.17) is 0 Å². The molecule has 0 aliphatic carbocycles. The Morgan fingerprint density at radius 1 is 1.48 bits per heavy atom. The highest BCUT2D eigenvalue weighted by molar-refractivity contribution is 7.99. The standard InChI is InChI=1S/C15H20N4OS/c1-11(2)21-15-13(5-4-6-17-15)14(20)16-7-8-19-10-12(3)9-18-19/h4-6,9-11H,7-8H2,1-3H3,(H,16,20). The van der Waals surface area contributed by atoms with Crippen molar-refractivity contribution in [1.29, 1.82) is 0 Å². The van der Waals surface area contributed by atoms with Crippen molar-refractivity contribution in [3.8, 4) is 0 Å². The number of hydrogen-bond donors (Lipinski definition) is 1. The van der Waals surface area contributed by atoms with Gasteiger partial charge in [0.05, 0.1) is 18.3 Å². The van der Waals surface area contributed by atoms with Gasteiger partial charge in [0.2, 0.25) is 0 Å². The van der Waals surface area contributed by atoms with E-state index in [1.165, 1.54) is 0 Å². The summed E-state index contributed by atoms with van der Waals surface area (Å²) in [5.74, 6) is -0.0878. The number of nitrogens with zero attached hydrogens (tertiary/aromatic N) is 3. The highest BCUT2D eigenvalue weighted by Crippen LogP contribution is 2.23. The maximum absolute atomic E-state index is 12.2. The zero-order chi connectivity index (χ0) is 15.2. The van der Waals surface area contributed by atoms with E-state index in [9.17, 15) is 4.79 Å². The van der Waals surface area contributed by atoms with E-state index < -0.39 is 0 Å². The first-order chi connectivity index (χ1) is 10.1. The SMILES string of the molecule is Cc1cnn(CCNC(=O)c2cccnc2SC(C)C)c1. The number of carbonyl (C=O) groups excluding carboxylic acids is 1. The van der Waals surface area contributed by atoms with Crippen molar-refractivity contribution in [1.82, 2.24) is 20.1 Å². The minimum Gasteiger partial charge on any atom is -0.350 e. The molecule has 2 aromatic heterocycles. The molecule has 1 amide bonds. The van der Waals surface area contributed by atoms with Gasteiger partial charge in [-0.2, -0.15) is 5.10 Å². The lowest BCUT2D eigenvalue weighted by atomic mass is 10.2. The maximum Gasteiger partial charge on any atom is 0.254 e. The molecule has 2 aromatic rings. The third-order valence-corrected chi connectivity index (χ3v) is 3.77. The summed E-state index contributed by atoms with van der Waals surface area (Å²) < 4.78 is 1.82. The van der Waals surface area contributed by atoms with Gasteiger partial charge in [0.25, 0.3) is 5.91 Å². The lowest BCUT2D eigenvalue weighted by molar-refractivity contribution is 0.0948. The number of aromatic nitrogens is 3. The first-order valence-electron chi connectivity index (χ1n) is 6.95. The number of thioether (sulfide) groups is 1. The van der Waals surface area contributed by atoms with Gasteiger partial charge in [-0.3, -0.25) is 9.48 Å². The molecular formula is C15H20N4OS. The summed E-state index contributed by atoms with van der Waals surface area (Å²) in [6.45, 7) is 7.36. The Labute approximate surface area is 129 Å². The minimum atomic E-state index is -0.0878. The molecule has 21 heavy (non-hydrogen) atoms. The number of pyridine rings is 1. The van der Waals surface area contributed by atoms with E-state index in [0.29, 0.717) is 23.9 Å². The van der Waals surface area contributed by atoms with Crippen molar-refractivity contribution in [3.63, 3.8) is 0 Å².